The smallest absolute Gasteiger partial charge is 0.168 e. The Balaban J connectivity index is 1.76. The quantitative estimate of drug-likeness (QED) is 0.772. The summed E-state index contributed by atoms with van der Waals surface area (Å²) in [6.07, 6.45) is 4.54. The molecule has 1 aliphatic rings. The van der Waals surface area contributed by atoms with Gasteiger partial charge in [-0.25, -0.2) is 14.6 Å². The predicted molar refractivity (Wildman–Crippen MR) is 86.3 cm³/mol. The van der Waals surface area contributed by atoms with E-state index in [4.69, 9.17) is 0 Å². The van der Waals surface area contributed by atoms with Crippen LogP contribution in [-0.4, -0.2) is 38.9 Å². The number of nitrogens with one attached hydrogen (secondary N) is 2. The van der Waals surface area contributed by atoms with E-state index in [2.05, 4.69) is 44.8 Å². The highest BCUT2D eigenvalue weighted by Gasteiger charge is 2.17. The van der Waals surface area contributed by atoms with Gasteiger partial charge < -0.3 is 10.6 Å². The number of fused-ring (bicyclic) bond motifs is 1. The summed E-state index contributed by atoms with van der Waals surface area (Å²) in [5.74, 6) is 0.859. The average molecular weight is 294 g/mol. The topological polar surface area (TPSA) is 67.7 Å². The Morgan fingerprint density at radius 2 is 2.27 bits per heavy atom. The molecule has 0 spiro atoms. The summed E-state index contributed by atoms with van der Waals surface area (Å²) >= 11 is 0. The Morgan fingerprint density at radius 1 is 1.32 bits per heavy atom. The Hall–Kier alpha value is -2.47. The van der Waals surface area contributed by atoms with Crippen LogP contribution in [0.1, 0.15) is 12.0 Å². The molecule has 3 aromatic rings. The monoisotopic (exact) mass is 294 g/mol. The van der Waals surface area contributed by atoms with Crippen molar-refractivity contribution in [1.29, 1.82) is 0 Å². The lowest BCUT2D eigenvalue weighted by atomic mass is 10.2. The maximum atomic E-state index is 4.50. The van der Waals surface area contributed by atoms with Gasteiger partial charge in [0.25, 0.3) is 0 Å². The van der Waals surface area contributed by atoms with E-state index in [1.54, 1.807) is 6.33 Å². The first-order chi connectivity index (χ1) is 10.8. The summed E-state index contributed by atoms with van der Waals surface area (Å²) in [7, 11) is 0. The highest BCUT2D eigenvalue weighted by atomic mass is 15.3. The van der Waals surface area contributed by atoms with Crippen LogP contribution in [0.4, 0.5) is 5.82 Å². The fraction of sp³-hybridized carbons (Fsp3) is 0.312. The predicted octanol–water partition coefficient (Wildman–Crippen LogP) is 1.90. The second-order valence-corrected chi connectivity index (χ2v) is 5.69. The molecule has 0 aliphatic carbocycles. The lowest BCUT2D eigenvalue weighted by molar-refractivity contribution is 0.789. The maximum Gasteiger partial charge on any atom is 0.168 e. The van der Waals surface area contributed by atoms with Gasteiger partial charge in [-0.3, -0.25) is 0 Å². The molecule has 1 saturated heterocycles. The molecular formula is C16H18N6. The minimum absolute atomic E-state index is 0.417. The SMILES string of the molecule is Cc1cccc(-n2ncc3c(NC4CCNC4)ncnc32)c1. The molecule has 1 unspecified atom stereocenters. The molecule has 1 atom stereocenters. The van der Waals surface area contributed by atoms with E-state index in [9.17, 15) is 0 Å². The zero-order valence-electron chi connectivity index (χ0n) is 12.5. The van der Waals surface area contributed by atoms with E-state index in [1.807, 2.05) is 23.0 Å². The van der Waals surface area contributed by atoms with Gasteiger partial charge in [0.15, 0.2) is 5.65 Å². The molecule has 1 aromatic carbocycles. The normalized spacial score (nSPS) is 18.0. The van der Waals surface area contributed by atoms with Crippen molar-refractivity contribution in [2.45, 2.75) is 19.4 Å². The molecule has 0 saturated carbocycles. The minimum Gasteiger partial charge on any atom is -0.365 e. The van der Waals surface area contributed by atoms with E-state index in [-0.39, 0.29) is 0 Å². The Bertz CT molecular complexity index is 803. The van der Waals surface area contributed by atoms with Crippen LogP contribution in [0.3, 0.4) is 0 Å². The minimum atomic E-state index is 0.417. The van der Waals surface area contributed by atoms with Crippen molar-refractivity contribution in [3.05, 3.63) is 42.4 Å². The van der Waals surface area contributed by atoms with Crippen LogP contribution in [0.15, 0.2) is 36.8 Å². The Kier molecular flexibility index (Phi) is 3.23. The molecule has 0 radical (unpaired) electrons. The molecule has 2 N–H and O–H groups in total. The standard InChI is InChI=1S/C16H18N6/c1-11-3-2-4-13(7-11)22-16-14(9-20-22)15(18-10-19-16)21-12-5-6-17-8-12/h2-4,7,9-10,12,17H,5-6,8H2,1H3,(H,18,19,21). The molecule has 22 heavy (non-hydrogen) atoms. The van der Waals surface area contributed by atoms with Gasteiger partial charge >= 0.3 is 0 Å². The highest BCUT2D eigenvalue weighted by Crippen LogP contribution is 2.23. The van der Waals surface area contributed by atoms with Crippen LogP contribution in [-0.2, 0) is 0 Å². The van der Waals surface area contributed by atoms with E-state index in [0.29, 0.717) is 6.04 Å². The Labute approximate surface area is 128 Å². The van der Waals surface area contributed by atoms with Crippen LogP contribution >= 0.6 is 0 Å². The summed E-state index contributed by atoms with van der Waals surface area (Å²) in [6.45, 7) is 4.09. The summed E-state index contributed by atoms with van der Waals surface area (Å²) < 4.78 is 1.86. The number of nitrogens with zero attached hydrogens (tertiary/aromatic N) is 4. The van der Waals surface area contributed by atoms with Gasteiger partial charge in [-0.15, -0.1) is 0 Å². The van der Waals surface area contributed by atoms with Gasteiger partial charge in [0, 0.05) is 12.6 Å². The van der Waals surface area contributed by atoms with Crippen molar-refractivity contribution in [1.82, 2.24) is 25.1 Å². The van der Waals surface area contributed by atoms with Gasteiger partial charge in [0.2, 0.25) is 0 Å². The molecule has 2 aromatic heterocycles. The van der Waals surface area contributed by atoms with Gasteiger partial charge in [-0.2, -0.15) is 5.10 Å². The number of anilines is 1. The summed E-state index contributed by atoms with van der Waals surface area (Å²) in [5.41, 5.74) is 3.04. The van der Waals surface area contributed by atoms with Crippen LogP contribution in [0.5, 0.6) is 0 Å². The van der Waals surface area contributed by atoms with E-state index in [1.165, 1.54) is 5.56 Å². The lowest BCUT2D eigenvalue weighted by Crippen LogP contribution is -2.22. The average Bonchev–Trinajstić information content (AvgIpc) is 3.17. The summed E-state index contributed by atoms with van der Waals surface area (Å²) in [5, 5.41) is 12.3. The number of hydrogen-bond acceptors (Lipinski definition) is 5. The third-order valence-corrected chi connectivity index (χ3v) is 4.01. The third-order valence-electron chi connectivity index (χ3n) is 4.01. The molecule has 4 rings (SSSR count). The van der Waals surface area contributed by atoms with Gasteiger partial charge in [0.05, 0.1) is 17.3 Å². The fourth-order valence-electron chi connectivity index (χ4n) is 2.88. The van der Waals surface area contributed by atoms with Gasteiger partial charge in [-0.1, -0.05) is 12.1 Å². The van der Waals surface area contributed by atoms with E-state index >= 15 is 0 Å². The van der Waals surface area contributed by atoms with Crippen LogP contribution in [0.2, 0.25) is 0 Å². The molecule has 0 bridgehead atoms. The summed E-state index contributed by atoms with van der Waals surface area (Å²) in [4.78, 5) is 8.81. The number of hydrogen-bond donors (Lipinski definition) is 2. The molecule has 1 fully saturated rings. The molecule has 0 amide bonds. The van der Waals surface area contributed by atoms with E-state index in [0.717, 1.165) is 42.0 Å². The molecule has 6 heteroatoms. The van der Waals surface area contributed by atoms with Crippen LogP contribution < -0.4 is 10.6 Å². The van der Waals surface area contributed by atoms with Crippen LogP contribution in [0.25, 0.3) is 16.7 Å². The van der Waals surface area contributed by atoms with Crippen molar-refractivity contribution in [3.8, 4) is 5.69 Å². The van der Waals surface area contributed by atoms with Gasteiger partial charge in [-0.05, 0) is 37.6 Å². The van der Waals surface area contributed by atoms with E-state index < -0.39 is 0 Å². The number of rotatable bonds is 3. The third kappa shape index (κ3) is 2.31. The van der Waals surface area contributed by atoms with Crippen molar-refractivity contribution >= 4 is 16.9 Å². The molecule has 3 heterocycles. The van der Waals surface area contributed by atoms with Gasteiger partial charge in [0.1, 0.15) is 12.1 Å². The first-order valence-corrected chi connectivity index (χ1v) is 7.54. The number of benzene rings is 1. The van der Waals surface area contributed by atoms with Crippen molar-refractivity contribution in [2.75, 3.05) is 18.4 Å². The van der Waals surface area contributed by atoms with Crippen LogP contribution in [0, 0.1) is 6.92 Å². The number of aryl methyl sites for hydroxylation is 1. The second-order valence-electron chi connectivity index (χ2n) is 5.69. The first kappa shape index (κ1) is 13.2. The lowest BCUT2D eigenvalue weighted by Gasteiger charge is -2.12. The fourth-order valence-corrected chi connectivity index (χ4v) is 2.88. The first-order valence-electron chi connectivity index (χ1n) is 7.54. The molecule has 1 aliphatic heterocycles. The zero-order valence-corrected chi connectivity index (χ0v) is 12.5. The largest absolute Gasteiger partial charge is 0.365 e. The molecule has 6 nitrogen and oxygen atoms in total. The second kappa shape index (κ2) is 5.38. The highest BCUT2D eigenvalue weighted by molar-refractivity contribution is 5.87. The maximum absolute atomic E-state index is 4.50. The van der Waals surface area contributed by atoms with Crippen molar-refractivity contribution in [2.24, 2.45) is 0 Å². The zero-order chi connectivity index (χ0) is 14.9. The molecular weight excluding hydrogens is 276 g/mol. The van der Waals surface area contributed by atoms with Crippen molar-refractivity contribution < 1.29 is 0 Å². The Morgan fingerprint density at radius 3 is 3.09 bits per heavy atom. The summed E-state index contributed by atoms with van der Waals surface area (Å²) in [6, 6.07) is 8.66. The number of aromatic nitrogens is 4. The van der Waals surface area contributed by atoms with Crippen molar-refractivity contribution in [3.63, 3.8) is 0 Å². The molecule has 112 valence electrons.